The van der Waals surface area contributed by atoms with Crippen molar-refractivity contribution >= 4 is 11.7 Å². The molecular formula is C13H19N3O3. The predicted octanol–water partition coefficient (Wildman–Crippen LogP) is 1.34. The average Bonchev–Trinajstić information content (AvgIpc) is 2.44. The van der Waals surface area contributed by atoms with Crippen molar-refractivity contribution in [3.63, 3.8) is 0 Å². The predicted molar refractivity (Wildman–Crippen MR) is 72.6 cm³/mol. The molecule has 1 atom stereocenters. The molecular weight excluding hydrogens is 246 g/mol. The van der Waals surface area contributed by atoms with E-state index in [0.29, 0.717) is 17.9 Å². The highest BCUT2D eigenvalue weighted by Crippen LogP contribution is 2.13. The fourth-order valence-electron chi connectivity index (χ4n) is 1.39. The molecule has 104 valence electrons. The zero-order chi connectivity index (χ0) is 14.3. The Labute approximate surface area is 112 Å². The van der Waals surface area contributed by atoms with E-state index in [1.54, 1.807) is 31.2 Å². The topological polar surface area (TPSA) is 96.9 Å². The summed E-state index contributed by atoms with van der Waals surface area (Å²) in [7, 11) is 0. The number of carbonyl (C=O) groups is 1. The normalized spacial score (nSPS) is 12.8. The van der Waals surface area contributed by atoms with Gasteiger partial charge in [-0.1, -0.05) is 18.1 Å². The third-order valence-corrected chi connectivity index (χ3v) is 2.48. The molecule has 1 aromatic rings. The fourth-order valence-corrected chi connectivity index (χ4v) is 1.39. The highest BCUT2D eigenvalue weighted by atomic mass is 16.5. The highest BCUT2D eigenvalue weighted by molar-refractivity contribution is 5.98. The maximum absolute atomic E-state index is 11.9. The van der Waals surface area contributed by atoms with Gasteiger partial charge >= 0.3 is 0 Å². The first-order valence-electron chi connectivity index (χ1n) is 6.09. The van der Waals surface area contributed by atoms with Crippen molar-refractivity contribution in [2.75, 3.05) is 6.61 Å². The summed E-state index contributed by atoms with van der Waals surface area (Å²) in [4.78, 5) is 11.9. The second kappa shape index (κ2) is 7.25. The SMILES string of the molecule is CCCOc1cccc(C(=O)NC(C)C(N)=NO)c1. The van der Waals surface area contributed by atoms with Crippen LogP contribution in [0.25, 0.3) is 0 Å². The minimum absolute atomic E-state index is 0.0493. The third-order valence-electron chi connectivity index (χ3n) is 2.48. The summed E-state index contributed by atoms with van der Waals surface area (Å²) in [5.41, 5.74) is 5.86. The number of benzene rings is 1. The maximum Gasteiger partial charge on any atom is 0.251 e. The second-order valence-electron chi connectivity index (χ2n) is 4.10. The zero-order valence-electron chi connectivity index (χ0n) is 11.1. The van der Waals surface area contributed by atoms with Crippen molar-refractivity contribution in [2.45, 2.75) is 26.3 Å². The van der Waals surface area contributed by atoms with Crippen molar-refractivity contribution in [1.82, 2.24) is 5.32 Å². The summed E-state index contributed by atoms with van der Waals surface area (Å²) >= 11 is 0. The Balaban J connectivity index is 2.71. The van der Waals surface area contributed by atoms with Gasteiger partial charge in [-0.05, 0) is 31.5 Å². The van der Waals surface area contributed by atoms with Crippen LogP contribution in [-0.4, -0.2) is 29.6 Å². The molecule has 19 heavy (non-hydrogen) atoms. The van der Waals surface area contributed by atoms with E-state index in [-0.39, 0.29) is 11.7 Å². The van der Waals surface area contributed by atoms with Crippen LogP contribution in [0.15, 0.2) is 29.4 Å². The molecule has 4 N–H and O–H groups in total. The summed E-state index contributed by atoms with van der Waals surface area (Å²) in [5.74, 6) is 0.290. The lowest BCUT2D eigenvalue weighted by molar-refractivity contribution is 0.0948. The maximum atomic E-state index is 11.9. The van der Waals surface area contributed by atoms with E-state index in [0.717, 1.165) is 6.42 Å². The van der Waals surface area contributed by atoms with E-state index in [4.69, 9.17) is 15.7 Å². The minimum Gasteiger partial charge on any atom is -0.494 e. The van der Waals surface area contributed by atoms with Crippen LogP contribution in [-0.2, 0) is 0 Å². The molecule has 1 aromatic carbocycles. The lowest BCUT2D eigenvalue weighted by Gasteiger charge is -2.12. The Morgan fingerprint density at radius 3 is 2.95 bits per heavy atom. The number of amides is 1. The van der Waals surface area contributed by atoms with E-state index >= 15 is 0 Å². The molecule has 0 aliphatic rings. The Morgan fingerprint density at radius 2 is 2.32 bits per heavy atom. The monoisotopic (exact) mass is 265 g/mol. The molecule has 6 heteroatoms. The first-order chi connectivity index (χ1) is 9.08. The fraction of sp³-hybridized carbons (Fsp3) is 0.385. The summed E-state index contributed by atoms with van der Waals surface area (Å²) < 4.78 is 5.45. The van der Waals surface area contributed by atoms with Gasteiger partial charge < -0.3 is 21.0 Å². The van der Waals surface area contributed by atoms with Crippen LogP contribution < -0.4 is 15.8 Å². The van der Waals surface area contributed by atoms with Gasteiger partial charge in [0.15, 0.2) is 5.84 Å². The van der Waals surface area contributed by atoms with Crippen molar-refractivity contribution in [1.29, 1.82) is 0 Å². The average molecular weight is 265 g/mol. The molecule has 0 fully saturated rings. The van der Waals surface area contributed by atoms with E-state index in [1.165, 1.54) is 0 Å². The summed E-state index contributed by atoms with van der Waals surface area (Å²) in [6.45, 7) is 4.24. The smallest absolute Gasteiger partial charge is 0.251 e. The molecule has 0 saturated carbocycles. The number of ether oxygens (including phenoxy) is 1. The van der Waals surface area contributed by atoms with Crippen LogP contribution in [0.5, 0.6) is 5.75 Å². The molecule has 0 radical (unpaired) electrons. The first-order valence-corrected chi connectivity index (χ1v) is 6.09. The minimum atomic E-state index is -0.544. The van der Waals surface area contributed by atoms with Gasteiger partial charge in [0.25, 0.3) is 5.91 Å². The van der Waals surface area contributed by atoms with Gasteiger partial charge in [0.2, 0.25) is 0 Å². The van der Waals surface area contributed by atoms with Crippen molar-refractivity contribution < 1.29 is 14.7 Å². The van der Waals surface area contributed by atoms with E-state index in [2.05, 4.69) is 10.5 Å². The lowest BCUT2D eigenvalue weighted by Crippen LogP contribution is -2.42. The largest absolute Gasteiger partial charge is 0.494 e. The van der Waals surface area contributed by atoms with Gasteiger partial charge in [0, 0.05) is 5.56 Å². The Morgan fingerprint density at radius 1 is 1.58 bits per heavy atom. The van der Waals surface area contributed by atoms with Crippen LogP contribution in [0.3, 0.4) is 0 Å². The van der Waals surface area contributed by atoms with E-state index in [1.807, 2.05) is 6.92 Å². The molecule has 0 aliphatic heterocycles. The number of rotatable bonds is 6. The second-order valence-corrected chi connectivity index (χ2v) is 4.10. The molecule has 1 rings (SSSR count). The number of amidine groups is 1. The summed E-state index contributed by atoms with van der Waals surface area (Å²) in [6, 6.07) is 6.32. The van der Waals surface area contributed by atoms with Crippen molar-refractivity contribution in [2.24, 2.45) is 10.9 Å². The summed E-state index contributed by atoms with van der Waals surface area (Å²) in [5, 5.41) is 14.0. The highest BCUT2D eigenvalue weighted by Gasteiger charge is 2.13. The molecule has 6 nitrogen and oxygen atoms in total. The summed E-state index contributed by atoms with van der Waals surface area (Å²) in [6.07, 6.45) is 0.900. The molecule has 0 heterocycles. The quantitative estimate of drug-likeness (QED) is 0.313. The molecule has 0 spiro atoms. The Bertz CT molecular complexity index is 460. The van der Waals surface area contributed by atoms with Gasteiger partial charge in [-0.2, -0.15) is 0 Å². The number of nitrogens with one attached hydrogen (secondary N) is 1. The Hall–Kier alpha value is -2.24. The van der Waals surface area contributed by atoms with Crippen LogP contribution >= 0.6 is 0 Å². The molecule has 0 saturated heterocycles. The third kappa shape index (κ3) is 4.50. The van der Waals surface area contributed by atoms with Crippen molar-refractivity contribution in [3.05, 3.63) is 29.8 Å². The molecule has 1 unspecified atom stereocenters. The molecule has 0 bridgehead atoms. The molecule has 0 aromatic heterocycles. The van der Waals surface area contributed by atoms with E-state index < -0.39 is 6.04 Å². The molecule has 1 amide bonds. The van der Waals surface area contributed by atoms with Crippen LogP contribution in [0.1, 0.15) is 30.6 Å². The van der Waals surface area contributed by atoms with E-state index in [9.17, 15) is 4.79 Å². The van der Waals surface area contributed by atoms with Gasteiger partial charge in [0.05, 0.1) is 12.6 Å². The van der Waals surface area contributed by atoms with Crippen LogP contribution in [0.2, 0.25) is 0 Å². The Kier molecular flexibility index (Phi) is 5.66. The number of hydrogen-bond acceptors (Lipinski definition) is 4. The number of nitrogens with two attached hydrogens (primary N) is 1. The number of nitrogens with zero attached hydrogens (tertiary/aromatic N) is 1. The standard InChI is InChI=1S/C13H19N3O3/c1-3-7-19-11-6-4-5-10(8-11)13(17)15-9(2)12(14)16-18/h4-6,8-9,18H,3,7H2,1-2H3,(H2,14,16)(H,15,17). The zero-order valence-corrected chi connectivity index (χ0v) is 11.1. The number of oxime groups is 1. The van der Waals surface area contributed by atoms with Crippen LogP contribution in [0.4, 0.5) is 0 Å². The molecule has 0 aliphatic carbocycles. The van der Waals surface area contributed by atoms with Gasteiger partial charge in [0.1, 0.15) is 5.75 Å². The lowest BCUT2D eigenvalue weighted by atomic mass is 10.2. The van der Waals surface area contributed by atoms with Gasteiger partial charge in [-0.25, -0.2) is 0 Å². The number of carbonyl (C=O) groups excluding carboxylic acids is 1. The van der Waals surface area contributed by atoms with Gasteiger partial charge in [-0.15, -0.1) is 0 Å². The van der Waals surface area contributed by atoms with Crippen LogP contribution in [0, 0.1) is 0 Å². The first kappa shape index (κ1) is 14.8. The van der Waals surface area contributed by atoms with Crippen molar-refractivity contribution in [3.8, 4) is 5.75 Å². The number of hydrogen-bond donors (Lipinski definition) is 3. The van der Waals surface area contributed by atoms with Gasteiger partial charge in [-0.3, -0.25) is 4.79 Å².